The lowest BCUT2D eigenvalue weighted by Crippen LogP contribution is -2.44. The zero-order valence-corrected chi connectivity index (χ0v) is 18.5. The van der Waals surface area contributed by atoms with Crippen molar-refractivity contribution in [1.29, 1.82) is 0 Å². The van der Waals surface area contributed by atoms with Crippen LogP contribution in [0.5, 0.6) is 0 Å². The maximum atomic E-state index is 13.1. The first kappa shape index (κ1) is 20.8. The summed E-state index contributed by atoms with van der Waals surface area (Å²) in [6, 6.07) is 14.5. The zero-order valence-electron chi connectivity index (χ0n) is 18.5. The number of fused-ring (bicyclic) bond motifs is 1. The molecule has 0 saturated carbocycles. The average Bonchev–Trinajstić information content (AvgIpc) is 3.52. The highest BCUT2D eigenvalue weighted by Gasteiger charge is 2.23. The van der Waals surface area contributed by atoms with Crippen molar-refractivity contribution in [1.82, 2.24) is 25.1 Å². The van der Waals surface area contributed by atoms with Gasteiger partial charge in [-0.1, -0.05) is 36.4 Å². The van der Waals surface area contributed by atoms with Crippen LogP contribution in [0.3, 0.4) is 0 Å². The van der Waals surface area contributed by atoms with Crippen LogP contribution in [0, 0.1) is 0 Å². The molecular weight excluding hydrogens is 398 g/mol. The Hall–Kier alpha value is -3.12. The molecule has 1 aromatic carbocycles. The number of H-pyrrole nitrogens is 1. The van der Waals surface area contributed by atoms with Gasteiger partial charge in [-0.15, -0.1) is 0 Å². The fourth-order valence-corrected chi connectivity index (χ4v) is 4.89. The fourth-order valence-electron chi connectivity index (χ4n) is 4.89. The number of nitrogens with one attached hydrogen (secondary N) is 2. The van der Waals surface area contributed by atoms with Gasteiger partial charge in [-0.05, 0) is 62.0 Å². The third kappa shape index (κ3) is 4.55. The number of aromatic amines is 1. The van der Waals surface area contributed by atoms with Gasteiger partial charge in [0.05, 0.1) is 6.04 Å². The van der Waals surface area contributed by atoms with Gasteiger partial charge in [-0.25, -0.2) is 9.78 Å². The van der Waals surface area contributed by atoms with Crippen molar-refractivity contribution in [3.8, 4) is 0 Å². The number of carbonyl (C=O) groups excluding carboxylic acids is 1. The number of hydrogen-bond donors (Lipinski definition) is 2. The Morgan fingerprint density at radius 3 is 2.72 bits per heavy atom. The van der Waals surface area contributed by atoms with Crippen LogP contribution in [0.4, 0.5) is 4.79 Å². The maximum absolute atomic E-state index is 13.1. The summed E-state index contributed by atoms with van der Waals surface area (Å²) in [5, 5.41) is 4.46. The molecule has 32 heavy (non-hydrogen) atoms. The van der Waals surface area contributed by atoms with Crippen LogP contribution in [-0.4, -0.2) is 58.5 Å². The first-order chi connectivity index (χ1) is 15.8. The van der Waals surface area contributed by atoms with E-state index in [9.17, 15) is 4.79 Å². The minimum absolute atomic E-state index is 0.0242. The third-order valence-electron chi connectivity index (χ3n) is 6.73. The van der Waals surface area contributed by atoms with Crippen LogP contribution in [-0.2, 0) is 0 Å². The molecule has 0 bridgehead atoms. The van der Waals surface area contributed by atoms with Gasteiger partial charge < -0.3 is 20.1 Å². The van der Waals surface area contributed by atoms with E-state index in [4.69, 9.17) is 0 Å². The van der Waals surface area contributed by atoms with E-state index in [1.54, 1.807) is 6.20 Å². The Labute approximate surface area is 189 Å². The lowest BCUT2D eigenvalue weighted by Gasteiger charge is -2.30. The number of benzene rings is 1. The van der Waals surface area contributed by atoms with Gasteiger partial charge in [0.2, 0.25) is 0 Å². The Bertz CT molecular complexity index is 1080. The monoisotopic (exact) mass is 429 g/mol. The number of amides is 2. The van der Waals surface area contributed by atoms with Crippen LogP contribution in [0.1, 0.15) is 42.9 Å². The first-order valence-corrected chi connectivity index (χ1v) is 11.7. The highest BCUT2D eigenvalue weighted by molar-refractivity contribution is 5.91. The van der Waals surface area contributed by atoms with E-state index >= 15 is 0 Å². The van der Waals surface area contributed by atoms with Gasteiger partial charge in [0.25, 0.3) is 0 Å². The SMILES string of the molecule is O=C(NC(CCN1CCCC1)c1ccccc1)N1CC=C(c2c[nH]c3ncccc23)CC1. The van der Waals surface area contributed by atoms with Crippen molar-refractivity contribution < 1.29 is 4.79 Å². The number of hydrogen-bond acceptors (Lipinski definition) is 3. The number of likely N-dealkylation sites (tertiary alicyclic amines) is 1. The van der Waals surface area contributed by atoms with Gasteiger partial charge in [-0.3, -0.25) is 0 Å². The molecule has 166 valence electrons. The molecule has 1 atom stereocenters. The van der Waals surface area contributed by atoms with Crippen LogP contribution in [0.15, 0.2) is 60.9 Å². The smallest absolute Gasteiger partial charge is 0.318 e. The van der Waals surface area contributed by atoms with E-state index in [0.29, 0.717) is 6.54 Å². The minimum atomic E-state index is 0.0242. The molecule has 2 aliphatic rings. The predicted molar refractivity (Wildman–Crippen MR) is 128 cm³/mol. The summed E-state index contributed by atoms with van der Waals surface area (Å²) in [6.45, 7) is 4.73. The Morgan fingerprint density at radius 2 is 1.94 bits per heavy atom. The van der Waals surface area contributed by atoms with Crippen molar-refractivity contribution in [3.05, 3.63) is 72.1 Å². The molecule has 3 aromatic rings. The normalized spacial score (nSPS) is 18.0. The van der Waals surface area contributed by atoms with Crippen molar-refractivity contribution in [2.75, 3.05) is 32.7 Å². The average molecular weight is 430 g/mol. The Balaban J connectivity index is 1.24. The number of urea groups is 1. The van der Waals surface area contributed by atoms with E-state index in [0.717, 1.165) is 37.0 Å². The van der Waals surface area contributed by atoms with Crippen molar-refractivity contribution in [2.24, 2.45) is 0 Å². The molecule has 0 spiro atoms. The summed E-state index contributed by atoms with van der Waals surface area (Å²) in [5.41, 5.74) is 4.56. The second kappa shape index (κ2) is 9.57. The summed E-state index contributed by atoms with van der Waals surface area (Å²) in [5.74, 6) is 0. The molecule has 6 heteroatoms. The highest BCUT2D eigenvalue weighted by Crippen LogP contribution is 2.28. The van der Waals surface area contributed by atoms with Crippen LogP contribution in [0.25, 0.3) is 16.6 Å². The summed E-state index contributed by atoms with van der Waals surface area (Å²) in [4.78, 5) is 25.2. The topological polar surface area (TPSA) is 64.3 Å². The Kier molecular flexibility index (Phi) is 6.21. The Morgan fingerprint density at radius 1 is 1.09 bits per heavy atom. The number of nitrogens with zero attached hydrogens (tertiary/aromatic N) is 3. The second-order valence-electron chi connectivity index (χ2n) is 8.78. The molecule has 1 fully saturated rings. The number of aromatic nitrogens is 2. The van der Waals surface area contributed by atoms with Crippen LogP contribution >= 0.6 is 0 Å². The van der Waals surface area contributed by atoms with Crippen molar-refractivity contribution >= 4 is 22.6 Å². The molecule has 6 nitrogen and oxygen atoms in total. The maximum Gasteiger partial charge on any atom is 0.318 e. The van der Waals surface area contributed by atoms with E-state index in [1.165, 1.54) is 42.6 Å². The largest absolute Gasteiger partial charge is 0.346 e. The lowest BCUT2D eigenvalue weighted by atomic mass is 9.99. The standard InChI is InChI=1S/C26H31N5O/c32-26(29-24(21-7-2-1-3-8-21)12-16-30-14-4-5-15-30)31-17-10-20(11-18-31)23-19-28-25-22(23)9-6-13-27-25/h1-3,6-10,13,19,24H,4-5,11-12,14-18H2,(H,27,28)(H,29,32). The summed E-state index contributed by atoms with van der Waals surface area (Å²) in [6.07, 6.45) is 10.4. The van der Waals surface area contributed by atoms with Crippen LogP contribution < -0.4 is 5.32 Å². The molecule has 4 heterocycles. The number of carbonyl (C=O) groups is 1. The molecule has 2 aliphatic heterocycles. The van der Waals surface area contributed by atoms with Gasteiger partial charge >= 0.3 is 6.03 Å². The number of rotatable bonds is 6. The summed E-state index contributed by atoms with van der Waals surface area (Å²) in [7, 11) is 0. The summed E-state index contributed by atoms with van der Waals surface area (Å²) < 4.78 is 0. The van der Waals surface area contributed by atoms with Crippen LogP contribution in [0.2, 0.25) is 0 Å². The molecule has 2 amide bonds. The lowest BCUT2D eigenvalue weighted by molar-refractivity contribution is 0.196. The molecule has 0 radical (unpaired) electrons. The molecular formula is C26H31N5O. The molecule has 1 saturated heterocycles. The van der Waals surface area contributed by atoms with Crippen molar-refractivity contribution in [3.63, 3.8) is 0 Å². The zero-order chi connectivity index (χ0) is 21.8. The highest BCUT2D eigenvalue weighted by atomic mass is 16.2. The molecule has 0 aliphatic carbocycles. The van der Waals surface area contributed by atoms with E-state index in [1.807, 2.05) is 23.2 Å². The quantitative estimate of drug-likeness (QED) is 0.602. The molecule has 2 aromatic heterocycles. The van der Waals surface area contributed by atoms with Gasteiger partial charge in [0, 0.05) is 43.0 Å². The fraction of sp³-hybridized carbons (Fsp3) is 0.385. The molecule has 2 N–H and O–H groups in total. The predicted octanol–water partition coefficient (Wildman–Crippen LogP) is 4.59. The minimum Gasteiger partial charge on any atom is -0.346 e. The molecule has 1 unspecified atom stereocenters. The van der Waals surface area contributed by atoms with Crippen molar-refractivity contribution in [2.45, 2.75) is 31.7 Å². The van der Waals surface area contributed by atoms with E-state index < -0.39 is 0 Å². The van der Waals surface area contributed by atoms with E-state index in [-0.39, 0.29) is 12.1 Å². The van der Waals surface area contributed by atoms with E-state index in [2.05, 4.69) is 56.6 Å². The number of pyridine rings is 1. The molecule has 5 rings (SSSR count). The second-order valence-corrected chi connectivity index (χ2v) is 8.78. The summed E-state index contributed by atoms with van der Waals surface area (Å²) >= 11 is 0. The first-order valence-electron chi connectivity index (χ1n) is 11.7. The van der Waals surface area contributed by atoms with Gasteiger partial charge in [0.1, 0.15) is 5.65 Å². The van der Waals surface area contributed by atoms with Gasteiger partial charge in [-0.2, -0.15) is 0 Å². The third-order valence-corrected chi connectivity index (χ3v) is 6.73. The van der Waals surface area contributed by atoms with Gasteiger partial charge in [0.15, 0.2) is 0 Å².